The molecule has 0 spiro atoms. The van der Waals surface area contributed by atoms with Crippen molar-refractivity contribution in [3.05, 3.63) is 23.5 Å². The fourth-order valence-electron chi connectivity index (χ4n) is 5.01. The highest BCUT2D eigenvalue weighted by Gasteiger charge is 2.39. The molecule has 28 heavy (non-hydrogen) atoms. The zero-order valence-corrected chi connectivity index (χ0v) is 16.7. The third-order valence-corrected chi connectivity index (χ3v) is 6.72. The molecule has 1 saturated heterocycles. The summed E-state index contributed by atoms with van der Waals surface area (Å²) in [5.41, 5.74) is 3.36. The maximum atomic E-state index is 12.9. The minimum Gasteiger partial charge on any atom is -0.354 e. The van der Waals surface area contributed by atoms with E-state index in [-0.39, 0.29) is 17.4 Å². The first-order valence-electron chi connectivity index (χ1n) is 10.8. The van der Waals surface area contributed by atoms with Gasteiger partial charge in [-0.3, -0.25) is 4.79 Å². The molecule has 1 amide bonds. The van der Waals surface area contributed by atoms with Gasteiger partial charge in [0, 0.05) is 43.2 Å². The van der Waals surface area contributed by atoms with Crippen molar-refractivity contribution >= 4 is 17.4 Å². The van der Waals surface area contributed by atoms with E-state index < -0.39 is 0 Å². The molecule has 0 aromatic carbocycles. The van der Waals surface area contributed by atoms with Gasteiger partial charge in [-0.1, -0.05) is 19.3 Å². The highest BCUT2D eigenvalue weighted by atomic mass is 16.2. The molecule has 7 nitrogen and oxygen atoms in total. The average Bonchev–Trinajstić information content (AvgIpc) is 2.97. The Labute approximate surface area is 165 Å². The number of amides is 1. The van der Waals surface area contributed by atoms with Crippen LogP contribution in [0.5, 0.6) is 0 Å². The number of fused-ring (bicyclic) bond motifs is 2. The second-order valence-electron chi connectivity index (χ2n) is 8.92. The lowest BCUT2D eigenvalue weighted by Crippen LogP contribution is -2.58. The molecule has 1 saturated carbocycles. The molecule has 2 aliphatic heterocycles. The minimum atomic E-state index is -0.00950. The summed E-state index contributed by atoms with van der Waals surface area (Å²) in [6, 6.07) is 1.97. The number of carbonyl (C=O) groups is 1. The number of carbonyl (C=O) groups excluding carboxylic acids is 1. The fraction of sp³-hybridized carbons (Fsp3) is 0.667. The number of hydrogen-bond donors (Lipinski definition) is 2. The van der Waals surface area contributed by atoms with Crippen molar-refractivity contribution in [1.29, 1.82) is 0 Å². The highest BCUT2D eigenvalue weighted by Crippen LogP contribution is 2.33. The summed E-state index contributed by atoms with van der Waals surface area (Å²) in [4.78, 5) is 20.0. The van der Waals surface area contributed by atoms with Gasteiger partial charge in [0.2, 0.25) is 5.91 Å². The highest BCUT2D eigenvalue weighted by molar-refractivity contribution is 5.82. The van der Waals surface area contributed by atoms with E-state index in [1.165, 1.54) is 30.5 Å². The van der Waals surface area contributed by atoms with Gasteiger partial charge in [-0.05, 0) is 32.7 Å². The van der Waals surface area contributed by atoms with Crippen LogP contribution in [-0.4, -0.2) is 52.2 Å². The number of aromatic nitrogens is 3. The molecule has 2 aromatic heterocycles. The van der Waals surface area contributed by atoms with Crippen LogP contribution in [0.15, 0.2) is 12.3 Å². The van der Waals surface area contributed by atoms with E-state index in [0.717, 1.165) is 63.3 Å². The molecule has 1 aliphatic carbocycles. The third kappa shape index (κ3) is 3.15. The Hall–Kier alpha value is -2.15. The first-order chi connectivity index (χ1) is 13.6. The second kappa shape index (κ2) is 7.03. The molecule has 0 unspecified atom stereocenters. The van der Waals surface area contributed by atoms with E-state index in [1.807, 2.05) is 16.8 Å². The van der Waals surface area contributed by atoms with E-state index >= 15 is 0 Å². The molecule has 0 atom stereocenters. The van der Waals surface area contributed by atoms with Gasteiger partial charge in [-0.25, -0.2) is 4.98 Å². The maximum Gasteiger partial charge on any atom is 0.227 e. The smallest absolute Gasteiger partial charge is 0.227 e. The molecule has 2 N–H and O–H groups in total. The fourth-order valence-corrected chi connectivity index (χ4v) is 5.01. The van der Waals surface area contributed by atoms with Gasteiger partial charge in [0.05, 0.1) is 17.8 Å². The van der Waals surface area contributed by atoms with Gasteiger partial charge in [0.1, 0.15) is 5.82 Å². The molecule has 2 fully saturated rings. The quantitative estimate of drug-likeness (QED) is 0.845. The van der Waals surface area contributed by atoms with Gasteiger partial charge in [-0.15, -0.1) is 0 Å². The van der Waals surface area contributed by atoms with Crippen LogP contribution in [0, 0.1) is 5.92 Å². The van der Waals surface area contributed by atoms with Crippen molar-refractivity contribution in [2.24, 2.45) is 5.92 Å². The van der Waals surface area contributed by atoms with Crippen LogP contribution in [0.3, 0.4) is 0 Å². The summed E-state index contributed by atoms with van der Waals surface area (Å²) in [5.74, 6) is 1.43. The molecule has 5 rings (SSSR count). The van der Waals surface area contributed by atoms with Gasteiger partial charge >= 0.3 is 0 Å². The van der Waals surface area contributed by atoms with Crippen LogP contribution >= 0.6 is 0 Å². The van der Waals surface area contributed by atoms with Gasteiger partial charge in [-0.2, -0.15) is 9.61 Å². The summed E-state index contributed by atoms with van der Waals surface area (Å²) >= 11 is 0. The predicted octanol–water partition coefficient (Wildman–Crippen LogP) is 1.69. The van der Waals surface area contributed by atoms with Crippen LogP contribution in [0.1, 0.15) is 50.3 Å². The molecule has 3 aliphatic rings. The second-order valence-corrected chi connectivity index (χ2v) is 8.92. The molecule has 150 valence electrons. The topological polar surface area (TPSA) is 74.6 Å². The largest absolute Gasteiger partial charge is 0.354 e. The molecule has 2 aromatic rings. The van der Waals surface area contributed by atoms with Crippen molar-refractivity contribution in [2.45, 2.75) is 57.4 Å². The summed E-state index contributed by atoms with van der Waals surface area (Å²) in [5, 5.41) is 11.4. The summed E-state index contributed by atoms with van der Waals surface area (Å²) < 4.78 is 1.96. The summed E-state index contributed by atoms with van der Waals surface area (Å²) in [6.07, 6.45) is 9.67. The maximum absolute atomic E-state index is 12.9. The average molecular weight is 383 g/mol. The van der Waals surface area contributed by atoms with Crippen molar-refractivity contribution in [3.8, 4) is 0 Å². The van der Waals surface area contributed by atoms with E-state index in [0.29, 0.717) is 0 Å². The normalized spacial score (nSPS) is 22.4. The van der Waals surface area contributed by atoms with Crippen LogP contribution in [0.25, 0.3) is 5.65 Å². The summed E-state index contributed by atoms with van der Waals surface area (Å²) in [7, 11) is 0. The number of nitrogens with one attached hydrogen (secondary N) is 2. The Bertz CT molecular complexity index is 878. The summed E-state index contributed by atoms with van der Waals surface area (Å²) in [6.45, 7) is 5.67. The Morgan fingerprint density at radius 1 is 1.21 bits per heavy atom. The molecule has 0 radical (unpaired) electrons. The Balaban J connectivity index is 1.34. The van der Waals surface area contributed by atoms with E-state index in [1.54, 1.807) is 0 Å². The van der Waals surface area contributed by atoms with Crippen molar-refractivity contribution in [3.63, 3.8) is 0 Å². The lowest BCUT2D eigenvalue weighted by atomic mass is 9.82. The number of hydrogen-bond acceptors (Lipinski definition) is 5. The number of rotatable bonds is 3. The molecule has 7 heteroatoms. The first-order valence-corrected chi connectivity index (χ1v) is 10.8. The standard InChI is InChI=1S/C21H30N6O/c1-21(8-3-2-4-9-21)25-19(28)15-13-26(14-15)20-16-5-10-22-11-6-17(16)24-18-7-12-23-27(18)20/h7,12,15,22H,2-6,8-11,13-14H2,1H3,(H,25,28). The lowest BCUT2D eigenvalue weighted by molar-refractivity contribution is -0.128. The number of anilines is 1. The van der Waals surface area contributed by atoms with Crippen molar-refractivity contribution in [2.75, 3.05) is 31.1 Å². The number of nitrogens with zero attached hydrogens (tertiary/aromatic N) is 4. The van der Waals surface area contributed by atoms with Crippen LogP contribution in [0.4, 0.5) is 5.82 Å². The van der Waals surface area contributed by atoms with E-state index in [4.69, 9.17) is 4.98 Å². The SMILES string of the molecule is CC1(NC(=O)C2CN(c3c4c(nc5ccnn35)CCNCC4)C2)CCCCC1. The Morgan fingerprint density at radius 3 is 2.82 bits per heavy atom. The Morgan fingerprint density at radius 2 is 2.00 bits per heavy atom. The van der Waals surface area contributed by atoms with Gasteiger partial charge < -0.3 is 15.5 Å². The lowest BCUT2D eigenvalue weighted by Gasteiger charge is -2.43. The zero-order chi connectivity index (χ0) is 19.1. The third-order valence-electron chi connectivity index (χ3n) is 6.72. The van der Waals surface area contributed by atoms with E-state index in [9.17, 15) is 4.79 Å². The van der Waals surface area contributed by atoms with Crippen LogP contribution < -0.4 is 15.5 Å². The minimum absolute atomic E-state index is 0.00950. The van der Waals surface area contributed by atoms with Crippen LogP contribution in [0.2, 0.25) is 0 Å². The van der Waals surface area contributed by atoms with Crippen molar-refractivity contribution < 1.29 is 4.79 Å². The zero-order valence-electron chi connectivity index (χ0n) is 16.7. The predicted molar refractivity (Wildman–Crippen MR) is 109 cm³/mol. The molecular weight excluding hydrogens is 352 g/mol. The monoisotopic (exact) mass is 382 g/mol. The van der Waals surface area contributed by atoms with E-state index in [2.05, 4.69) is 27.6 Å². The Kier molecular flexibility index (Phi) is 4.50. The first kappa shape index (κ1) is 17.9. The van der Waals surface area contributed by atoms with Gasteiger partial charge in [0.25, 0.3) is 0 Å². The van der Waals surface area contributed by atoms with Crippen molar-refractivity contribution in [1.82, 2.24) is 25.2 Å². The molecule has 4 heterocycles. The molecular formula is C21H30N6O. The van der Waals surface area contributed by atoms with Crippen LogP contribution in [-0.2, 0) is 17.6 Å². The molecule has 0 bridgehead atoms. The van der Waals surface area contributed by atoms with Gasteiger partial charge in [0.15, 0.2) is 5.65 Å².